The summed E-state index contributed by atoms with van der Waals surface area (Å²) in [7, 11) is 0. The molecule has 3 rings (SSSR count). The molecule has 0 aliphatic heterocycles. The van der Waals surface area contributed by atoms with Crippen molar-refractivity contribution in [2.45, 2.75) is 18.1 Å². The van der Waals surface area contributed by atoms with E-state index in [9.17, 15) is 13.2 Å². The van der Waals surface area contributed by atoms with Crippen LogP contribution < -0.4 is 11.5 Å². The Bertz CT molecular complexity index is 827. The van der Waals surface area contributed by atoms with Gasteiger partial charge in [0.1, 0.15) is 5.69 Å². The number of nitrogens with two attached hydrogens (primary N) is 2. The van der Waals surface area contributed by atoms with E-state index in [0.717, 1.165) is 23.4 Å². The average Bonchev–Trinajstić information content (AvgIpc) is 2.54. The predicted octanol–water partition coefficient (Wildman–Crippen LogP) is 3.28. The molecule has 1 aromatic carbocycles. The van der Waals surface area contributed by atoms with E-state index in [0.29, 0.717) is 5.69 Å². The molecule has 0 radical (unpaired) electrons. The average molecular weight is 332 g/mol. The van der Waals surface area contributed by atoms with Crippen LogP contribution in [0.3, 0.4) is 0 Å². The van der Waals surface area contributed by atoms with Gasteiger partial charge in [0.25, 0.3) is 0 Å². The van der Waals surface area contributed by atoms with Crippen molar-refractivity contribution in [1.82, 2.24) is 9.97 Å². The van der Waals surface area contributed by atoms with Gasteiger partial charge in [0, 0.05) is 18.3 Å². The van der Waals surface area contributed by atoms with Gasteiger partial charge in [-0.05, 0) is 29.3 Å². The SMILES string of the molecule is Nc1cccc(C2=CC=CC(N)(c3nccc(C(F)(F)F)n3)C2)c1. The number of aromatic nitrogens is 2. The topological polar surface area (TPSA) is 77.8 Å². The molecule has 7 heteroatoms. The van der Waals surface area contributed by atoms with Crippen molar-refractivity contribution in [3.63, 3.8) is 0 Å². The summed E-state index contributed by atoms with van der Waals surface area (Å²) < 4.78 is 38.6. The van der Waals surface area contributed by atoms with Crippen LogP contribution in [0.25, 0.3) is 5.57 Å². The van der Waals surface area contributed by atoms with Crippen molar-refractivity contribution in [3.05, 3.63) is 71.8 Å². The lowest BCUT2D eigenvalue weighted by Crippen LogP contribution is -2.38. The zero-order chi connectivity index (χ0) is 17.4. The van der Waals surface area contributed by atoms with Gasteiger partial charge in [0.2, 0.25) is 0 Å². The van der Waals surface area contributed by atoms with E-state index in [2.05, 4.69) is 9.97 Å². The highest BCUT2D eigenvalue weighted by molar-refractivity contribution is 5.72. The number of rotatable bonds is 2. The number of hydrogen-bond donors (Lipinski definition) is 2. The molecule has 0 saturated heterocycles. The van der Waals surface area contributed by atoms with Crippen molar-refractivity contribution in [2.24, 2.45) is 5.73 Å². The maximum absolute atomic E-state index is 12.9. The predicted molar refractivity (Wildman–Crippen MR) is 85.5 cm³/mol. The fraction of sp³-hybridized carbons (Fsp3) is 0.176. The summed E-state index contributed by atoms with van der Waals surface area (Å²) in [4.78, 5) is 7.58. The molecule has 24 heavy (non-hydrogen) atoms. The number of nitrogen functional groups attached to an aromatic ring is 1. The zero-order valence-corrected chi connectivity index (χ0v) is 12.6. The Morgan fingerprint density at radius 2 is 1.96 bits per heavy atom. The van der Waals surface area contributed by atoms with Gasteiger partial charge in [0.05, 0.1) is 5.54 Å². The maximum Gasteiger partial charge on any atom is 0.433 e. The monoisotopic (exact) mass is 332 g/mol. The van der Waals surface area contributed by atoms with Crippen molar-refractivity contribution in [2.75, 3.05) is 5.73 Å². The minimum absolute atomic E-state index is 0.0666. The highest BCUT2D eigenvalue weighted by Crippen LogP contribution is 2.35. The number of halogens is 3. The third kappa shape index (κ3) is 3.16. The molecule has 0 spiro atoms. The molecular weight excluding hydrogens is 317 g/mol. The molecule has 124 valence electrons. The Kier molecular flexibility index (Phi) is 3.88. The van der Waals surface area contributed by atoms with E-state index >= 15 is 0 Å². The summed E-state index contributed by atoms with van der Waals surface area (Å²) in [6, 6.07) is 8.05. The van der Waals surface area contributed by atoms with E-state index in [1.807, 2.05) is 18.2 Å². The molecule has 4 nitrogen and oxygen atoms in total. The molecule has 4 N–H and O–H groups in total. The number of allylic oxidation sites excluding steroid dienone is 2. The van der Waals surface area contributed by atoms with E-state index in [4.69, 9.17) is 11.5 Å². The molecular formula is C17H15F3N4. The molecule has 1 aliphatic carbocycles. The minimum Gasteiger partial charge on any atom is -0.399 e. The first-order chi connectivity index (χ1) is 11.3. The first kappa shape index (κ1) is 16.2. The summed E-state index contributed by atoms with van der Waals surface area (Å²) in [5.74, 6) is -0.0666. The Morgan fingerprint density at radius 3 is 2.67 bits per heavy atom. The quantitative estimate of drug-likeness (QED) is 0.828. The van der Waals surface area contributed by atoms with Crippen LogP contribution in [0.15, 0.2) is 54.8 Å². The smallest absolute Gasteiger partial charge is 0.399 e. The van der Waals surface area contributed by atoms with E-state index in [1.165, 1.54) is 0 Å². The lowest BCUT2D eigenvalue weighted by atomic mass is 9.83. The van der Waals surface area contributed by atoms with Gasteiger partial charge >= 0.3 is 6.18 Å². The lowest BCUT2D eigenvalue weighted by molar-refractivity contribution is -0.141. The first-order valence-electron chi connectivity index (χ1n) is 7.22. The van der Waals surface area contributed by atoms with Crippen LogP contribution in [0.4, 0.5) is 18.9 Å². The van der Waals surface area contributed by atoms with Crippen molar-refractivity contribution in [1.29, 1.82) is 0 Å². The van der Waals surface area contributed by atoms with E-state index < -0.39 is 17.4 Å². The fourth-order valence-corrected chi connectivity index (χ4v) is 2.60. The van der Waals surface area contributed by atoms with Gasteiger partial charge < -0.3 is 11.5 Å². The summed E-state index contributed by atoms with van der Waals surface area (Å²) >= 11 is 0. The highest BCUT2D eigenvalue weighted by atomic mass is 19.4. The van der Waals surface area contributed by atoms with Crippen LogP contribution in [-0.4, -0.2) is 9.97 Å². The Hall–Kier alpha value is -2.67. The zero-order valence-electron chi connectivity index (χ0n) is 12.6. The summed E-state index contributed by atoms with van der Waals surface area (Å²) in [6.07, 6.45) is 1.97. The van der Waals surface area contributed by atoms with Crippen LogP contribution in [0.5, 0.6) is 0 Å². The Labute approximate surface area is 136 Å². The van der Waals surface area contributed by atoms with Gasteiger partial charge in [-0.25, -0.2) is 9.97 Å². The van der Waals surface area contributed by atoms with Crippen LogP contribution in [0.1, 0.15) is 23.5 Å². The molecule has 2 aromatic rings. The van der Waals surface area contributed by atoms with E-state index in [1.54, 1.807) is 24.3 Å². The largest absolute Gasteiger partial charge is 0.433 e. The standard InChI is InChI=1S/C17H15F3N4/c18-17(19,20)14-6-8-23-15(24-14)16(22)7-2-4-12(10-16)11-3-1-5-13(21)9-11/h1-9H,10,21-22H2. The number of nitrogens with zero attached hydrogens (tertiary/aromatic N) is 2. The molecule has 1 aromatic heterocycles. The molecule has 1 atom stereocenters. The van der Waals surface area contributed by atoms with Crippen LogP contribution in [0, 0.1) is 0 Å². The highest BCUT2D eigenvalue weighted by Gasteiger charge is 2.36. The third-order valence-electron chi connectivity index (χ3n) is 3.79. The summed E-state index contributed by atoms with van der Waals surface area (Å²) in [6.45, 7) is 0. The van der Waals surface area contributed by atoms with Crippen LogP contribution >= 0.6 is 0 Å². The van der Waals surface area contributed by atoms with Gasteiger partial charge in [-0.1, -0.05) is 30.4 Å². The second-order valence-corrected chi connectivity index (χ2v) is 5.66. The van der Waals surface area contributed by atoms with Crippen molar-refractivity contribution < 1.29 is 13.2 Å². The number of hydrogen-bond acceptors (Lipinski definition) is 4. The van der Waals surface area contributed by atoms with Gasteiger partial charge in [-0.3, -0.25) is 0 Å². The second kappa shape index (κ2) is 5.76. The molecule has 0 amide bonds. The van der Waals surface area contributed by atoms with Crippen molar-refractivity contribution >= 4 is 11.3 Å². The molecule has 0 bridgehead atoms. The molecule has 0 fully saturated rings. The van der Waals surface area contributed by atoms with Gasteiger partial charge in [0.15, 0.2) is 5.82 Å². The normalized spacial score (nSPS) is 20.8. The lowest BCUT2D eigenvalue weighted by Gasteiger charge is -2.28. The molecule has 1 heterocycles. The third-order valence-corrected chi connectivity index (χ3v) is 3.79. The number of benzene rings is 1. The second-order valence-electron chi connectivity index (χ2n) is 5.66. The fourth-order valence-electron chi connectivity index (χ4n) is 2.60. The summed E-state index contributed by atoms with van der Waals surface area (Å²) in [5, 5.41) is 0. The maximum atomic E-state index is 12.9. The summed E-state index contributed by atoms with van der Waals surface area (Å²) in [5.41, 5.74) is 12.2. The first-order valence-corrected chi connectivity index (χ1v) is 7.22. The van der Waals surface area contributed by atoms with Crippen LogP contribution in [0.2, 0.25) is 0 Å². The van der Waals surface area contributed by atoms with E-state index in [-0.39, 0.29) is 12.2 Å². The Balaban J connectivity index is 1.95. The molecule has 1 unspecified atom stereocenters. The van der Waals surface area contributed by atoms with Gasteiger partial charge in [-0.2, -0.15) is 13.2 Å². The molecule has 0 saturated carbocycles. The molecule has 1 aliphatic rings. The minimum atomic E-state index is -4.54. The Morgan fingerprint density at radius 1 is 1.17 bits per heavy atom. The van der Waals surface area contributed by atoms with Crippen molar-refractivity contribution in [3.8, 4) is 0 Å². The number of alkyl halides is 3. The van der Waals surface area contributed by atoms with Gasteiger partial charge in [-0.15, -0.1) is 0 Å². The number of anilines is 1. The van der Waals surface area contributed by atoms with Crippen LogP contribution in [-0.2, 0) is 11.7 Å².